The molecular weight excluding hydrogens is 414 g/mol. The number of carboxylic acids is 2. The number of carbonyl (C=O) groups is 2. The van der Waals surface area contributed by atoms with Gasteiger partial charge in [-0.1, -0.05) is 45.2 Å². The first-order chi connectivity index (χ1) is 6.43. The molecule has 0 aliphatic heterocycles. The highest BCUT2D eigenvalue weighted by Crippen LogP contribution is 2.38. The van der Waals surface area contributed by atoms with Gasteiger partial charge in [-0.15, -0.1) is 0 Å². The van der Waals surface area contributed by atoms with Gasteiger partial charge in [-0.2, -0.15) is 0 Å². The quantitative estimate of drug-likeness (QED) is 0.524. The van der Waals surface area contributed by atoms with Gasteiger partial charge >= 0.3 is 11.9 Å². The molecule has 0 amide bonds. The van der Waals surface area contributed by atoms with Crippen molar-refractivity contribution in [3.63, 3.8) is 0 Å². The zero-order chi connectivity index (χ0) is 10.9. The molecule has 2 rings (SSSR count). The van der Waals surface area contributed by atoms with Crippen LogP contribution in [0.2, 0.25) is 0 Å². The predicted molar refractivity (Wildman–Crippen MR) is 67.1 cm³/mol. The van der Waals surface area contributed by atoms with Gasteiger partial charge in [-0.25, -0.2) is 0 Å². The molecule has 0 aromatic heterocycles. The molecule has 2 aliphatic carbocycles. The van der Waals surface area contributed by atoms with Crippen LogP contribution in [0.15, 0.2) is 0 Å². The van der Waals surface area contributed by atoms with Gasteiger partial charge in [0.25, 0.3) is 0 Å². The molecule has 0 aromatic rings. The van der Waals surface area contributed by atoms with Crippen LogP contribution < -0.4 is 0 Å². The highest BCUT2D eigenvalue weighted by molar-refractivity contribution is 14.1. The van der Waals surface area contributed by atoms with E-state index in [4.69, 9.17) is 10.2 Å². The van der Waals surface area contributed by atoms with Crippen LogP contribution in [0.25, 0.3) is 0 Å². The van der Waals surface area contributed by atoms with Crippen LogP contribution >= 0.6 is 45.2 Å². The predicted octanol–water partition coefficient (Wildman–Crippen LogP) is 1.79. The van der Waals surface area contributed by atoms with Crippen molar-refractivity contribution in [3.8, 4) is 0 Å². The number of carboxylic acid groups (broad SMARTS) is 2. The van der Waals surface area contributed by atoms with Crippen LogP contribution in [-0.2, 0) is 9.59 Å². The summed E-state index contributed by atoms with van der Waals surface area (Å²) in [4.78, 5) is 19.9. The maximum absolute atomic E-state index is 9.97. The second-order valence-electron chi connectivity index (χ2n) is 3.39. The van der Waals surface area contributed by atoms with Crippen molar-refractivity contribution in [3.05, 3.63) is 0 Å². The summed E-state index contributed by atoms with van der Waals surface area (Å²) < 4.78 is 0.824. The van der Waals surface area contributed by atoms with Crippen LogP contribution in [0.3, 0.4) is 0 Å². The van der Waals surface area contributed by atoms with E-state index in [2.05, 4.69) is 45.2 Å². The van der Waals surface area contributed by atoms with E-state index in [1.54, 1.807) is 0 Å². The van der Waals surface area contributed by atoms with Crippen LogP contribution in [0.5, 0.6) is 0 Å². The van der Waals surface area contributed by atoms with Crippen LogP contribution in [0.1, 0.15) is 12.8 Å². The molecule has 2 N–H and O–H groups in total. The Morgan fingerprint density at radius 3 is 1.14 bits per heavy atom. The molecule has 80 valence electrons. The third-order valence-corrected chi connectivity index (χ3v) is 4.81. The van der Waals surface area contributed by atoms with Gasteiger partial charge in [0.1, 0.15) is 0 Å². The molecule has 2 aliphatic rings. The highest BCUT2D eigenvalue weighted by atomic mass is 127. The molecule has 4 nitrogen and oxygen atoms in total. The summed E-state index contributed by atoms with van der Waals surface area (Å²) >= 11 is 4.30. The van der Waals surface area contributed by atoms with Gasteiger partial charge in [-0.3, -0.25) is 9.59 Å². The third-order valence-electron chi connectivity index (χ3n) is 2.06. The van der Waals surface area contributed by atoms with E-state index in [1.165, 1.54) is 0 Å². The first-order valence-corrected chi connectivity index (χ1v) is 6.66. The van der Waals surface area contributed by atoms with Gasteiger partial charge in [0, 0.05) is 7.85 Å². The fourth-order valence-electron chi connectivity index (χ4n) is 0.839. The smallest absolute Gasteiger partial charge is 0.307 e. The average Bonchev–Trinajstić information content (AvgIpc) is 2.90. The second kappa shape index (κ2) is 4.95. The van der Waals surface area contributed by atoms with E-state index < -0.39 is 11.9 Å². The Hall–Kier alpha value is 0.400. The molecule has 0 radical (unpaired) electrons. The maximum atomic E-state index is 9.97. The van der Waals surface area contributed by atoms with Crippen molar-refractivity contribution < 1.29 is 19.8 Å². The van der Waals surface area contributed by atoms with Crippen molar-refractivity contribution in [2.24, 2.45) is 11.8 Å². The molecule has 4 atom stereocenters. The topological polar surface area (TPSA) is 74.6 Å². The first kappa shape index (κ1) is 12.5. The summed E-state index contributed by atoms with van der Waals surface area (Å²) in [6.45, 7) is 0. The van der Waals surface area contributed by atoms with Crippen molar-refractivity contribution in [1.29, 1.82) is 0 Å². The minimum absolute atomic E-state index is 0.0272. The van der Waals surface area contributed by atoms with Gasteiger partial charge in [0.2, 0.25) is 0 Å². The van der Waals surface area contributed by atoms with Crippen LogP contribution in [0, 0.1) is 11.8 Å². The molecule has 0 spiro atoms. The minimum atomic E-state index is -0.639. The number of aliphatic carboxylic acids is 2. The monoisotopic (exact) mass is 424 g/mol. The summed E-state index contributed by atoms with van der Waals surface area (Å²) in [5.74, 6) is -1.33. The van der Waals surface area contributed by atoms with E-state index in [1.807, 2.05) is 0 Å². The number of alkyl halides is 2. The Morgan fingerprint density at radius 2 is 1.14 bits per heavy atom. The molecule has 2 saturated carbocycles. The number of hydrogen-bond acceptors (Lipinski definition) is 2. The van der Waals surface area contributed by atoms with E-state index in [0.717, 1.165) is 12.8 Å². The fraction of sp³-hybridized carbons (Fsp3) is 0.750. The minimum Gasteiger partial charge on any atom is -0.481 e. The molecule has 0 heterocycles. The van der Waals surface area contributed by atoms with Crippen LogP contribution in [0.4, 0.5) is 0 Å². The number of halogens is 2. The lowest BCUT2D eigenvalue weighted by Crippen LogP contribution is -1.97. The maximum Gasteiger partial charge on any atom is 0.307 e. The normalized spacial score (nSPS) is 37.9. The number of rotatable bonds is 2. The summed E-state index contributed by atoms with van der Waals surface area (Å²) in [6, 6.07) is 0. The average molecular weight is 424 g/mol. The summed E-state index contributed by atoms with van der Waals surface area (Å²) in [5, 5.41) is 16.4. The van der Waals surface area contributed by atoms with Gasteiger partial charge in [-0.05, 0) is 12.8 Å². The molecule has 0 unspecified atom stereocenters. The lowest BCUT2D eigenvalue weighted by atomic mass is 10.5. The Bertz CT molecular complexity index is 230. The standard InChI is InChI=1S/2C4H5IO2/c2*5-3-1-2(3)4(6)7/h2*2-3H,1H2,(H,6,7)/t2*2-,3+/m10/s1. The molecule has 0 bridgehead atoms. The summed E-state index contributed by atoms with van der Waals surface area (Å²) in [7, 11) is 0. The van der Waals surface area contributed by atoms with Crippen molar-refractivity contribution >= 4 is 57.1 Å². The van der Waals surface area contributed by atoms with E-state index >= 15 is 0 Å². The van der Waals surface area contributed by atoms with E-state index in [-0.39, 0.29) is 11.8 Å². The molecule has 6 heteroatoms. The summed E-state index contributed by atoms with van der Waals surface area (Å²) in [6.07, 6.45) is 1.74. The van der Waals surface area contributed by atoms with Crippen molar-refractivity contribution in [2.75, 3.05) is 0 Å². The third kappa shape index (κ3) is 3.87. The Labute approximate surface area is 109 Å². The molecule has 0 aromatic carbocycles. The lowest BCUT2D eigenvalue weighted by Gasteiger charge is -1.78. The zero-order valence-corrected chi connectivity index (χ0v) is 11.5. The first-order valence-electron chi connectivity index (χ1n) is 4.17. The Kier molecular flexibility index (Phi) is 4.41. The molecular formula is C8H10I2O4. The lowest BCUT2D eigenvalue weighted by molar-refractivity contribution is -0.139. The fourth-order valence-corrected chi connectivity index (χ4v) is 2.55. The Morgan fingerprint density at radius 1 is 0.929 bits per heavy atom. The largest absolute Gasteiger partial charge is 0.481 e. The summed E-state index contributed by atoms with van der Waals surface area (Å²) in [5.41, 5.74) is 0. The highest BCUT2D eigenvalue weighted by Gasteiger charge is 2.41. The van der Waals surface area contributed by atoms with Crippen LogP contribution in [-0.4, -0.2) is 30.0 Å². The second-order valence-corrected chi connectivity index (χ2v) is 6.59. The van der Waals surface area contributed by atoms with Crippen molar-refractivity contribution in [1.82, 2.24) is 0 Å². The molecule has 0 saturated heterocycles. The van der Waals surface area contributed by atoms with Gasteiger partial charge < -0.3 is 10.2 Å². The molecule has 2 fully saturated rings. The van der Waals surface area contributed by atoms with Crippen molar-refractivity contribution in [2.45, 2.75) is 20.7 Å². The Balaban J connectivity index is 0.000000140. The SMILES string of the molecule is O=C(O)[C@@H]1C[C@@H]1I.O=C(O)[C@H]1C[C@H]1I. The van der Waals surface area contributed by atoms with Gasteiger partial charge in [0.15, 0.2) is 0 Å². The number of hydrogen-bond donors (Lipinski definition) is 2. The molecule has 14 heavy (non-hydrogen) atoms. The van der Waals surface area contributed by atoms with E-state index in [9.17, 15) is 9.59 Å². The zero-order valence-electron chi connectivity index (χ0n) is 7.19. The van der Waals surface area contributed by atoms with Gasteiger partial charge in [0.05, 0.1) is 11.8 Å². The van der Waals surface area contributed by atoms with E-state index in [0.29, 0.717) is 7.85 Å².